The minimum Gasteiger partial charge on any atom is -0.505 e. The average Bonchev–Trinajstić information content (AvgIpc) is 3.34. The molecule has 1 fully saturated rings. The Morgan fingerprint density at radius 1 is 1.00 bits per heavy atom. The van der Waals surface area contributed by atoms with Crippen molar-refractivity contribution in [2.24, 2.45) is 0 Å². The standard InChI is InChI=1S/C27H28N6O6/c1-2-32(18-9-7-15(8-10-18)11-19-24(35)28-27(39)29-25(19)36)14-17-12-16(26(37)38)13-22(23(17)34)33-30-20-5-3-4-6-21(20)31-33/h3-13,24-25,27-29,34-36,39H,2,14H2,1H3,(H,37,38). The number of aromatic nitrogens is 3. The molecular formula is C27H28N6O6. The zero-order valence-corrected chi connectivity index (χ0v) is 20.9. The number of phenolic OH excluding ortho intramolecular Hbond substituents is 1. The van der Waals surface area contributed by atoms with Crippen molar-refractivity contribution in [3.8, 4) is 11.4 Å². The Labute approximate surface area is 223 Å². The molecule has 0 bridgehead atoms. The monoisotopic (exact) mass is 532 g/mol. The van der Waals surface area contributed by atoms with Crippen LogP contribution in [0.5, 0.6) is 5.75 Å². The van der Waals surface area contributed by atoms with Crippen molar-refractivity contribution in [2.75, 3.05) is 11.4 Å². The first kappa shape index (κ1) is 26.3. The second kappa shape index (κ2) is 10.8. The molecule has 12 heteroatoms. The summed E-state index contributed by atoms with van der Waals surface area (Å²) in [4.78, 5) is 15.1. The maximum absolute atomic E-state index is 11.9. The Bertz CT molecular complexity index is 1490. The number of rotatable bonds is 7. The number of hydrogen-bond acceptors (Lipinski definition) is 10. The van der Waals surface area contributed by atoms with E-state index in [4.69, 9.17) is 0 Å². The van der Waals surface area contributed by atoms with Gasteiger partial charge in [0.25, 0.3) is 0 Å². The van der Waals surface area contributed by atoms with Crippen LogP contribution in [0.25, 0.3) is 22.8 Å². The van der Waals surface area contributed by atoms with E-state index in [1.54, 1.807) is 30.3 Å². The number of fused-ring (bicyclic) bond motifs is 1. The van der Waals surface area contributed by atoms with Crippen molar-refractivity contribution < 1.29 is 30.3 Å². The fourth-order valence-electron chi connectivity index (χ4n) is 4.45. The SMILES string of the molecule is CCN(Cc1cc(C(=O)O)cc(-n2nc3ccccc3n2)c1O)c1ccc(C=C2C(O)NC(O)NC2O)cc1. The van der Waals surface area contributed by atoms with Crippen LogP contribution in [0.15, 0.2) is 66.2 Å². The summed E-state index contributed by atoms with van der Waals surface area (Å²) in [5, 5.41) is 64.4. The largest absolute Gasteiger partial charge is 0.505 e. The molecule has 1 aliphatic heterocycles. The highest BCUT2D eigenvalue weighted by atomic mass is 16.4. The number of aliphatic hydroxyl groups is 3. The summed E-state index contributed by atoms with van der Waals surface area (Å²) in [6, 6.07) is 17.3. The summed E-state index contributed by atoms with van der Waals surface area (Å²) in [6.45, 7) is 2.70. The highest BCUT2D eigenvalue weighted by Gasteiger charge is 2.28. The van der Waals surface area contributed by atoms with Crippen molar-refractivity contribution in [1.29, 1.82) is 0 Å². The van der Waals surface area contributed by atoms with Gasteiger partial charge < -0.3 is 30.4 Å². The highest BCUT2D eigenvalue weighted by Crippen LogP contribution is 2.31. The molecule has 39 heavy (non-hydrogen) atoms. The number of carbonyl (C=O) groups is 1. The molecule has 202 valence electrons. The maximum atomic E-state index is 11.9. The number of phenols is 1. The fraction of sp³-hybridized carbons (Fsp3) is 0.222. The second-order valence-corrected chi connectivity index (χ2v) is 9.08. The molecule has 2 heterocycles. The van der Waals surface area contributed by atoms with Gasteiger partial charge in [0.1, 0.15) is 34.9 Å². The Morgan fingerprint density at radius 3 is 2.18 bits per heavy atom. The van der Waals surface area contributed by atoms with E-state index in [9.17, 15) is 30.3 Å². The lowest BCUT2D eigenvalue weighted by Crippen LogP contribution is -2.59. The van der Waals surface area contributed by atoms with Crippen molar-refractivity contribution in [2.45, 2.75) is 32.3 Å². The third-order valence-corrected chi connectivity index (χ3v) is 6.52. The molecule has 0 spiro atoms. The van der Waals surface area contributed by atoms with Crippen molar-refractivity contribution in [3.05, 3.63) is 82.9 Å². The van der Waals surface area contributed by atoms with E-state index in [0.717, 1.165) is 5.69 Å². The van der Waals surface area contributed by atoms with Gasteiger partial charge in [-0.15, -0.1) is 15.0 Å². The normalized spacial score (nSPS) is 19.3. The predicted molar refractivity (Wildman–Crippen MR) is 143 cm³/mol. The number of aromatic hydroxyl groups is 1. The minimum absolute atomic E-state index is 0.00545. The Balaban J connectivity index is 1.44. The molecule has 1 aromatic heterocycles. The summed E-state index contributed by atoms with van der Waals surface area (Å²) in [6.07, 6.45) is -2.06. The molecular weight excluding hydrogens is 504 g/mol. The number of nitrogens with one attached hydrogen (secondary N) is 2. The summed E-state index contributed by atoms with van der Waals surface area (Å²) in [5.41, 5.74) is 3.54. The van der Waals surface area contributed by atoms with Crippen LogP contribution in [0, 0.1) is 0 Å². The smallest absolute Gasteiger partial charge is 0.335 e. The van der Waals surface area contributed by atoms with Gasteiger partial charge in [0.15, 0.2) is 6.35 Å². The number of benzene rings is 3. The second-order valence-electron chi connectivity index (χ2n) is 9.08. The van der Waals surface area contributed by atoms with Crippen LogP contribution in [0.4, 0.5) is 5.69 Å². The molecule has 3 aromatic carbocycles. The van der Waals surface area contributed by atoms with Gasteiger partial charge in [-0.25, -0.2) is 4.79 Å². The maximum Gasteiger partial charge on any atom is 0.335 e. The van der Waals surface area contributed by atoms with Crippen LogP contribution in [-0.2, 0) is 6.54 Å². The third kappa shape index (κ3) is 5.46. The number of hydrogen-bond donors (Lipinski definition) is 7. The Kier molecular flexibility index (Phi) is 7.28. The Morgan fingerprint density at radius 2 is 1.62 bits per heavy atom. The molecule has 7 N–H and O–H groups in total. The average molecular weight is 533 g/mol. The van der Waals surface area contributed by atoms with E-state index < -0.39 is 24.8 Å². The first-order valence-electron chi connectivity index (χ1n) is 12.3. The van der Waals surface area contributed by atoms with E-state index in [1.807, 2.05) is 36.1 Å². The van der Waals surface area contributed by atoms with E-state index in [2.05, 4.69) is 20.8 Å². The summed E-state index contributed by atoms with van der Waals surface area (Å²) >= 11 is 0. The first-order chi connectivity index (χ1) is 18.7. The lowest BCUT2D eigenvalue weighted by atomic mass is 10.0. The zero-order valence-electron chi connectivity index (χ0n) is 20.9. The van der Waals surface area contributed by atoms with Crippen LogP contribution in [0.1, 0.15) is 28.4 Å². The number of nitrogens with zero attached hydrogens (tertiary/aromatic N) is 4. The van der Waals surface area contributed by atoms with Gasteiger partial charge in [-0.3, -0.25) is 10.6 Å². The van der Waals surface area contributed by atoms with Gasteiger partial charge in [-0.05, 0) is 55.0 Å². The minimum atomic E-state index is -1.23. The number of anilines is 1. The Hall–Kier alpha value is -4.33. The number of carboxylic acid groups (broad SMARTS) is 1. The van der Waals surface area contributed by atoms with Gasteiger partial charge in [-0.2, -0.15) is 0 Å². The third-order valence-electron chi connectivity index (χ3n) is 6.52. The van der Waals surface area contributed by atoms with Crippen molar-refractivity contribution in [1.82, 2.24) is 25.6 Å². The van der Waals surface area contributed by atoms with Gasteiger partial charge in [0.2, 0.25) is 0 Å². The molecule has 0 saturated carbocycles. The lowest BCUT2D eigenvalue weighted by Gasteiger charge is -2.32. The molecule has 4 aromatic rings. The van der Waals surface area contributed by atoms with Gasteiger partial charge in [-0.1, -0.05) is 24.3 Å². The molecule has 1 aliphatic rings. The van der Waals surface area contributed by atoms with E-state index in [0.29, 0.717) is 28.7 Å². The topological polar surface area (TPSA) is 176 Å². The summed E-state index contributed by atoms with van der Waals surface area (Å²) in [7, 11) is 0. The molecule has 0 aliphatic carbocycles. The molecule has 12 nitrogen and oxygen atoms in total. The molecule has 1 saturated heterocycles. The van der Waals surface area contributed by atoms with Crippen LogP contribution >= 0.6 is 0 Å². The molecule has 2 unspecified atom stereocenters. The quantitative estimate of drug-likeness (QED) is 0.183. The van der Waals surface area contributed by atoms with Gasteiger partial charge in [0.05, 0.1) is 5.56 Å². The number of aliphatic hydroxyl groups excluding tert-OH is 3. The van der Waals surface area contributed by atoms with Crippen molar-refractivity contribution in [3.63, 3.8) is 0 Å². The highest BCUT2D eigenvalue weighted by molar-refractivity contribution is 5.89. The molecule has 2 atom stereocenters. The van der Waals surface area contributed by atoms with Crippen LogP contribution in [-0.4, -0.2) is 71.8 Å². The van der Waals surface area contributed by atoms with E-state index in [-0.39, 0.29) is 29.1 Å². The van der Waals surface area contributed by atoms with Crippen LogP contribution in [0.3, 0.4) is 0 Å². The van der Waals surface area contributed by atoms with E-state index in [1.165, 1.54) is 16.9 Å². The van der Waals surface area contributed by atoms with E-state index >= 15 is 0 Å². The molecule has 0 amide bonds. The molecule has 0 radical (unpaired) electrons. The van der Waals surface area contributed by atoms with Crippen molar-refractivity contribution >= 4 is 28.8 Å². The lowest BCUT2D eigenvalue weighted by molar-refractivity contribution is -0.0378. The summed E-state index contributed by atoms with van der Waals surface area (Å²) < 4.78 is 0. The first-order valence-corrected chi connectivity index (χ1v) is 12.3. The number of aromatic carboxylic acids is 1. The summed E-state index contributed by atoms with van der Waals surface area (Å²) in [5.74, 6) is -1.26. The van der Waals surface area contributed by atoms with Gasteiger partial charge in [0, 0.05) is 29.9 Å². The predicted octanol–water partition coefficient (Wildman–Crippen LogP) is 1.34. The van der Waals surface area contributed by atoms with Crippen LogP contribution in [0.2, 0.25) is 0 Å². The number of carboxylic acids is 1. The van der Waals surface area contributed by atoms with Gasteiger partial charge >= 0.3 is 5.97 Å². The van der Waals surface area contributed by atoms with Crippen LogP contribution < -0.4 is 15.5 Å². The zero-order chi connectivity index (χ0) is 27.7. The molecule has 5 rings (SSSR count). The fourth-order valence-corrected chi connectivity index (χ4v) is 4.45.